The highest BCUT2D eigenvalue weighted by atomic mass is 79.9. The van der Waals surface area contributed by atoms with Crippen molar-refractivity contribution in [1.29, 1.82) is 0 Å². The van der Waals surface area contributed by atoms with Gasteiger partial charge in [-0.2, -0.15) is 0 Å². The molecule has 20 heavy (non-hydrogen) atoms. The minimum Gasteiger partial charge on any atom is -0.394 e. The normalized spacial score (nSPS) is 13.8. The number of hydrogen-bond acceptors (Lipinski definition) is 2. The number of aliphatic hydroxyl groups is 1. The smallest absolute Gasteiger partial charge is 0.0854 e. The van der Waals surface area contributed by atoms with E-state index in [2.05, 4.69) is 21.2 Å². The molecule has 0 amide bonds. The van der Waals surface area contributed by atoms with Gasteiger partial charge in [0.1, 0.15) is 0 Å². The Bertz CT molecular complexity index is 584. The zero-order valence-corrected chi connectivity index (χ0v) is 13.6. The molecule has 0 saturated carbocycles. The Hall–Kier alpha value is -1.03. The minimum atomic E-state index is -0.547. The van der Waals surface area contributed by atoms with Crippen LogP contribution in [0.4, 0.5) is 5.69 Å². The maximum Gasteiger partial charge on any atom is 0.0854 e. The summed E-state index contributed by atoms with van der Waals surface area (Å²) in [6.45, 7) is 2.03. The van der Waals surface area contributed by atoms with Gasteiger partial charge in [0.2, 0.25) is 0 Å². The Kier molecular flexibility index (Phi) is 5.08. The number of anilines is 1. The van der Waals surface area contributed by atoms with Crippen molar-refractivity contribution in [3.8, 4) is 0 Å². The molecule has 1 unspecified atom stereocenters. The molecule has 0 aliphatic rings. The molecule has 2 aromatic carbocycles. The fourth-order valence-electron chi connectivity index (χ4n) is 2.21. The average Bonchev–Trinajstić information content (AvgIpc) is 2.47. The van der Waals surface area contributed by atoms with E-state index in [0.29, 0.717) is 5.02 Å². The van der Waals surface area contributed by atoms with Crippen LogP contribution in [0, 0.1) is 0 Å². The second kappa shape index (κ2) is 6.61. The summed E-state index contributed by atoms with van der Waals surface area (Å²) in [5, 5.41) is 14.0. The molecular weight excluding hydrogens is 338 g/mol. The van der Waals surface area contributed by atoms with Gasteiger partial charge in [-0.1, -0.05) is 58.7 Å². The maximum absolute atomic E-state index is 9.95. The van der Waals surface area contributed by atoms with E-state index >= 15 is 0 Å². The third-order valence-corrected chi connectivity index (χ3v) is 4.32. The number of rotatable bonds is 5. The lowest BCUT2D eigenvalue weighted by molar-refractivity contribution is 0.207. The van der Waals surface area contributed by atoms with Crippen molar-refractivity contribution in [3.05, 3.63) is 63.6 Å². The predicted molar refractivity (Wildman–Crippen MR) is 88.3 cm³/mol. The van der Waals surface area contributed by atoms with Crippen LogP contribution in [0.1, 0.15) is 18.9 Å². The second-order valence-corrected chi connectivity index (χ2v) is 6.03. The highest BCUT2D eigenvalue weighted by Crippen LogP contribution is 2.33. The third kappa shape index (κ3) is 3.17. The van der Waals surface area contributed by atoms with E-state index in [9.17, 15) is 5.11 Å². The van der Waals surface area contributed by atoms with Crippen molar-refractivity contribution in [3.63, 3.8) is 0 Å². The molecule has 0 bridgehead atoms. The van der Waals surface area contributed by atoms with E-state index in [4.69, 9.17) is 11.6 Å². The molecular formula is C16H17BrClNO. The molecule has 0 saturated heterocycles. The Morgan fingerprint density at radius 2 is 1.95 bits per heavy atom. The summed E-state index contributed by atoms with van der Waals surface area (Å²) < 4.78 is 0.988. The van der Waals surface area contributed by atoms with E-state index in [1.54, 1.807) is 0 Å². The second-order valence-electron chi connectivity index (χ2n) is 4.71. The molecule has 2 aromatic rings. The van der Waals surface area contributed by atoms with Crippen molar-refractivity contribution in [2.24, 2.45) is 0 Å². The number of para-hydroxylation sites is 1. The van der Waals surface area contributed by atoms with Gasteiger partial charge in [0.15, 0.2) is 0 Å². The first-order valence-corrected chi connectivity index (χ1v) is 7.68. The highest BCUT2D eigenvalue weighted by molar-refractivity contribution is 9.10. The molecule has 0 aromatic heterocycles. The zero-order chi connectivity index (χ0) is 14.6. The Morgan fingerprint density at radius 3 is 2.55 bits per heavy atom. The number of aliphatic hydroxyl groups excluding tert-OH is 1. The summed E-state index contributed by atoms with van der Waals surface area (Å²) in [4.78, 5) is 0. The number of nitrogens with one attached hydrogen (secondary N) is 1. The van der Waals surface area contributed by atoms with Crippen molar-refractivity contribution in [1.82, 2.24) is 0 Å². The molecule has 2 nitrogen and oxygen atoms in total. The molecule has 1 atom stereocenters. The van der Waals surface area contributed by atoms with Gasteiger partial charge >= 0.3 is 0 Å². The molecule has 0 heterocycles. The first kappa shape index (κ1) is 15.4. The Labute approximate surface area is 132 Å². The van der Waals surface area contributed by atoms with E-state index < -0.39 is 5.54 Å². The SMILES string of the molecule is CCC(CO)(Nc1ccccc1Cl)c1cccc(Br)c1. The fourth-order valence-corrected chi connectivity index (χ4v) is 2.80. The van der Waals surface area contributed by atoms with Crippen molar-refractivity contribution < 1.29 is 5.11 Å². The van der Waals surface area contributed by atoms with Crippen molar-refractivity contribution >= 4 is 33.2 Å². The average molecular weight is 355 g/mol. The number of halogens is 2. The Morgan fingerprint density at radius 1 is 1.20 bits per heavy atom. The van der Waals surface area contributed by atoms with Gasteiger partial charge in [-0.3, -0.25) is 0 Å². The standard InChI is InChI=1S/C16H17BrClNO/c1-2-16(11-20,12-6-5-7-13(17)10-12)19-15-9-4-3-8-14(15)18/h3-10,19-20H,2,11H2,1H3. The first-order valence-electron chi connectivity index (χ1n) is 6.51. The molecule has 0 aliphatic heterocycles. The van der Waals surface area contributed by atoms with Crippen LogP contribution < -0.4 is 5.32 Å². The van der Waals surface area contributed by atoms with Gasteiger partial charge in [0.25, 0.3) is 0 Å². The molecule has 0 fully saturated rings. The van der Waals surface area contributed by atoms with Gasteiger partial charge < -0.3 is 10.4 Å². The quantitative estimate of drug-likeness (QED) is 0.807. The van der Waals surface area contributed by atoms with Crippen LogP contribution in [-0.4, -0.2) is 11.7 Å². The maximum atomic E-state index is 9.95. The molecule has 0 aliphatic carbocycles. The van der Waals surface area contributed by atoms with Crippen molar-refractivity contribution in [2.45, 2.75) is 18.9 Å². The Balaban J connectivity index is 2.42. The zero-order valence-electron chi connectivity index (χ0n) is 11.2. The molecule has 106 valence electrons. The monoisotopic (exact) mass is 353 g/mol. The predicted octanol–water partition coefficient (Wildman–Crippen LogP) is 4.81. The topological polar surface area (TPSA) is 32.3 Å². The fraction of sp³-hybridized carbons (Fsp3) is 0.250. The largest absolute Gasteiger partial charge is 0.394 e. The van der Waals surface area contributed by atoms with Gasteiger partial charge in [0, 0.05) is 4.47 Å². The van der Waals surface area contributed by atoms with Crippen LogP contribution in [0.15, 0.2) is 53.0 Å². The van der Waals surface area contributed by atoms with Crippen LogP contribution in [0.2, 0.25) is 5.02 Å². The lowest BCUT2D eigenvalue weighted by atomic mass is 9.87. The minimum absolute atomic E-state index is 0.00875. The van der Waals surface area contributed by atoms with Gasteiger partial charge in [-0.25, -0.2) is 0 Å². The van der Waals surface area contributed by atoms with Crippen LogP contribution in [-0.2, 0) is 5.54 Å². The summed E-state index contributed by atoms with van der Waals surface area (Å²) in [5.74, 6) is 0. The number of benzene rings is 2. The van der Waals surface area contributed by atoms with Crippen LogP contribution in [0.5, 0.6) is 0 Å². The van der Waals surface area contributed by atoms with E-state index in [-0.39, 0.29) is 6.61 Å². The van der Waals surface area contributed by atoms with E-state index in [1.807, 2.05) is 55.5 Å². The summed E-state index contributed by atoms with van der Waals surface area (Å²) >= 11 is 9.69. The van der Waals surface area contributed by atoms with Crippen LogP contribution in [0.3, 0.4) is 0 Å². The van der Waals surface area contributed by atoms with Crippen LogP contribution >= 0.6 is 27.5 Å². The van der Waals surface area contributed by atoms with Gasteiger partial charge in [-0.15, -0.1) is 0 Å². The summed E-state index contributed by atoms with van der Waals surface area (Å²) in [6, 6.07) is 15.5. The molecule has 0 spiro atoms. The highest BCUT2D eigenvalue weighted by Gasteiger charge is 2.30. The molecule has 4 heteroatoms. The molecule has 0 radical (unpaired) electrons. The van der Waals surface area contributed by atoms with E-state index in [0.717, 1.165) is 22.1 Å². The summed E-state index contributed by atoms with van der Waals surface area (Å²) in [7, 11) is 0. The number of hydrogen-bond donors (Lipinski definition) is 2. The van der Waals surface area contributed by atoms with E-state index in [1.165, 1.54) is 0 Å². The summed E-state index contributed by atoms with van der Waals surface area (Å²) in [6.07, 6.45) is 0.741. The lowest BCUT2D eigenvalue weighted by Crippen LogP contribution is -2.38. The van der Waals surface area contributed by atoms with Crippen molar-refractivity contribution in [2.75, 3.05) is 11.9 Å². The van der Waals surface area contributed by atoms with Gasteiger partial charge in [-0.05, 0) is 36.2 Å². The van der Waals surface area contributed by atoms with Crippen LogP contribution in [0.25, 0.3) is 0 Å². The first-order chi connectivity index (χ1) is 9.61. The van der Waals surface area contributed by atoms with Gasteiger partial charge in [0.05, 0.1) is 22.9 Å². The third-order valence-electron chi connectivity index (χ3n) is 3.50. The molecule has 2 N–H and O–H groups in total. The lowest BCUT2D eigenvalue weighted by Gasteiger charge is -2.34. The molecule has 2 rings (SSSR count). The summed E-state index contributed by atoms with van der Waals surface area (Å²) in [5.41, 5.74) is 1.30.